The number of anilines is 1. The van der Waals surface area contributed by atoms with Crippen molar-refractivity contribution in [3.8, 4) is 11.8 Å². The van der Waals surface area contributed by atoms with Crippen LogP contribution in [-0.4, -0.2) is 9.97 Å². The van der Waals surface area contributed by atoms with Crippen LogP contribution in [0.1, 0.15) is 0 Å². The van der Waals surface area contributed by atoms with Crippen LogP contribution in [0.5, 0.6) is 11.8 Å². The van der Waals surface area contributed by atoms with Crippen LogP contribution in [-0.2, 0) is 0 Å². The summed E-state index contributed by atoms with van der Waals surface area (Å²) in [5, 5.41) is 0. The number of hydrogen-bond acceptors (Lipinski definition) is 4. The Balaban J connectivity index is 2.30. The molecule has 0 unspecified atom stereocenters. The van der Waals surface area contributed by atoms with Gasteiger partial charge in [0.1, 0.15) is 0 Å². The number of para-hydroxylation sites is 1. The number of aromatic nitrogens is 2. The zero-order valence-electron chi connectivity index (χ0n) is 8.02. The lowest BCUT2D eigenvalue weighted by Gasteiger charge is -2.08. The van der Waals surface area contributed by atoms with Crippen LogP contribution < -0.4 is 10.5 Å². The Labute approximate surface area is 115 Å². The molecule has 16 heavy (non-hydrogen) atoms. The maximum atomic E-state index is 5.79. The van der Waals surface area contributed by atoms with Crippen LogP contribution in [0.4, 0.5) is 5.69 Å². The molecule has 0 saturated heterocycles. The minimum atomic E-state index is 0.277. The molecule has 0 amide bonds. The SMILES string of the molecule is Nc1cccc(Br)c1Oc1ncc(I)cn1. The highest BCUT2D eigenvalue weighted by molar-refractivity contribution is 14.1. The molecule has 0 radical (unpaired) electrons. The van der Waals surface area contributed by atoms with Gasteiger partial charge in [-0.05, 0) is 50.7 Å². The number of rotatable bonds is 2. The minimum absolute atomic E-state index is 0.277. The van der Waals surface area contributed by atoms with Gasteiger partial charge in [0, 0.05) is 16.0 Å². The zero-order chi connectivity index (χ0) is 11.5. The fourth-order valence-corrected chi connectivity index (χ4v) is 1.82. The number of ether oxygens (including phenoxy) is 1. The molecule has 1 aromatic heterocycles. The van der Waals surface area contributed by atoms with Crippen LogP contribution in [0.25, 0.3) is 0 Å². The average molecular weight is 392 g/mol. The number of nitrogens with two attached hydrogens (primary N) is 1. The molecule has 82 valence electrons. The molecule has 0 saturated carbocycles. The third-order valence-corrected chi connectivity index (χ3v) is 2.97. The molecule has 2 N–H and O–H groups in total. The zero-order valence-corrected chi connectivity index (χ0v) is 11.8. The molecule has 1 heterocycles. The van der Waals surface area contributed by atoms with E-state index < -0.39 is 0 Å². The van der Waals surface area contributed by atoms with Gasteiger partial charge in [-0.25, -0.2) is 9.97 Å². The van der Waals surface area contributed by atoms with Gasteiger partial charge in [0.2, 0.25) is 0 Å². The van der Waals surface area contributed by atoms with Crippen molar-refractivity contribution in [3.63, 3.8) is 0 Å². The molecule has 0 aliphatic carbocycles. The second kappa shape index (κ2) is 4.96. The molecular weight excluding hydrogens is 385 g/mol. The maximum absolute atomic E-state index is 5.79. The number of hydrogen-bond donors (Lipinski definition) is 1. The summed E-state index contributed by atoms with van der Waals surface area (Å²) in [4.78, 5) is 8.08. The Morgan fingerprint density at radius 2 is 1.94 bits per heavy atom. The summed E-state index contributed by atoms with van der Waals surface area (Å²) < 4.78 is 7.22. The van der Waals surface area contributed by atoms with E-state index in [9.17, 15) is 0 Å². The van der Waals surface area contributed by atoms with Crippen molar-refractivity contribution in [2.45, 2.75) is 0 Å². The van der Waals surface area contributed by atoms with Crippen molar-refractivity contribution < 1.29 is 4.74 Å². The molecule has 0 spiro atoms. The molecule has 0 bridgehead atoms. The third-order valence-electron chi connectivity index (χ3n) is 1.79. The highest BCUT2D eigenvalue weighted by Crippen LogP contribution is 2.33. The van der Waals surface area contributed by atoms with Crippen molar-refractivity contribution >= 4 is 44.2 Å². The summed E-state index contributed by atoms with van der Waals surface area (Å²) in [6, 6.07) is 5.71. The molecule has 0 aliphatic rings. The van der Waals surface area contributed by atoms with Crippen molar-refractivity contribution in [2.24, 2.45) is 0 Å². The molecule has 0 fully saturated rings. The smallest absolute Gasteiger partial charge is 0.322 e. The number of halogens is 2. The normalized spacial score (nSPS) is 10.1. The monoisotopic (exact) mass is 391 g/mol. The first kappa shape index (κ1) is 11.6. The Morgan fingerprint density at radius 1 is 1.25 bits per heavy atom. The largest absolute Gasteiger partial charge is 0.421 e. The molecular formula is C10H7BrIN3O. The number of nitrogen functional groups attached to an aromatic ring is 1. The van der Waals surface area contributed by atoms with E-state index in [-0.39, 0.29) is 6.01 Å². The van der Waals surface area contributed by atoms with Crippen LogP contribution in [0.2, 0.25) is 0 Å². The Kier molecular flexibility index (Phi) is 3.59. The van der Waals surface area contributed by atoms with Gasteiger partial charge in [0.05, 0.1) is 10.2 Å². The van der Waals surface area contributed by atoms with Crippen LogP contribution in [0.15, 0.2) is 35.1 Å². The summed E-state index contributed by atoms with van der Waals surface area (Å²) in [5.41, 5.74) is 6.33. The Hall–Kier alpha value is -0.890. The second-order valence-electron chi connectivity index (χ2n) is 2.94. The molecule has 0 atom stereocenters. The van der Waals surface area contributed by atoms with Gasteiger partial charge in [0.25, 0.3) is 0 Å². The van der Waals surface area contributed by atoms with Gasteiger partial charge >= 0.3 is 6.01 Å². The highest BCUT2D eigenvalue weighted by Gasteiger charge is 2.08. The number of nitrogens with zero attached hydrogens (tertiary/aromatic N) is 2. The minimum Gasteiger partial charge on any atom is -0.421 e. The van der Waals surface area contributed by atoms with Crippen LogP contribution in [0, 0.1) is 3.57 Å². The quantitative estimate of drug-likeness (QED) is 0.630. The van der Waals surface area contributed by atoms with E-state index in [1.807, 2.05) is 12.1 Å². The van der Waals surface area contributed by atoms with E-state index >= 15 is 0 Å². The molecule has 6 heteroatoms. The van der Waals surface area contributed by atoms with E-state index in [1.165, 1.54) is 0 Å². The fourth-order valence-electron chi connectivity index (χ4n) is 1.08. The predicted molar refractivity (Wildman–Crippen MR) is 73.4 cm³/mol. The van der Waals surface area contributed by atoms with E-state index in [4.69, 9.17) is 10.5 Å². The molecule has 2 aromatic rings. The summed E-state index contributed by atoms with van der Waals surface area (Å²) in [6.45, 7) is 0. The van der Waals surface area contributed by atoms with Crippen molar-refractivity contribution in [1.82, 2.24) is 9.97 Å². The van der Waals surface area contributed by atoms with Crippen molar-refractivity contribution in [2.75, 3.05) is 5.73 Å². The fraction of sp³-hybridized carbons (Fsp3) is 0. The average Bonchev–Trinajstić information content (AvgIpc) is 2.26. The van der Waals surface area contributed by atoms with Gasteiger partial charge in [-0.3, -0.25) is 0 Å². The topological polar surface area (TPSA) is 61.0 Å². The summed E-state index contributed by atoms with van der Waals surface area (Å²) in [5.74, 6) is 0.531. The standard InChI is InChI=1S/C10H7BrIN3O/c11-7-2-1-3-8(13)9(7)16-10-14-4-6(12)5-15-10/h1-5H,13H2. The molecule has 2 rings (SSSR count). The lowest BCUT2D eigenvalue weighted by molar-refractivity contribution is 0.441. The first-order valence-electron chi connectivity index (χ1n) is 4.36. The van der Waals surface area contributed by atoms with Crippen LogP contribution in [0.3, 0.4) is 0 Å². The first-order valence-corrected chi connectivity index (χ1v) is 6.23. The van der Waals surface area contributed by atoms with Crippen molar-refractivity contribution in [3.05, 3.63) is 38.6 Å². The van der Waals surface area contributed by atoms with Crippen LogP contribution >= 0.6 is 38.5 Å². The van der Waals surface area contributed by atoms with Gasteiger partial charge < -0.3 is 10.5 Å². The van der Waals surface area contributed by atoms with Crippen molar-refractivity contribution in [1.29, 1.82) is 0 Å². The lowest BCUT2D eigenvalue weighted by atomic mass is 10.3. The Bertz CT molecular complexity index is 484. The van der Waals surface area contributed by atoms with E-state index in [0.29, 0.717) is 11.4 Å². The van der Waals surface area contributed by atoms with Gasteiger partial charge in [0.15, 0.2) is 5.75 Å². The lowest BCUT2D eigenvalue weighted by Crippen LogP contribution is -1.96. The molecule has 0 aliphatic heterocycles. The Morgan fingerprint density at radius 3 is 2.56 bits per heavy atom. The summed E-state index contributed by atoms with van der Waals surface area (Å²) in [6.07, 6.45) is 3.35. The molecule has 1 aromatic carbocycles. The summed E-state index contributed by atoms with van der Waals surface area (Å²) >= 11 is 5.48. The summed E-state index contributed by atoms with van der Waals surface area (Å²) in [7, 11) is 0. The first-order chi connectivity index (χ1) is 7.66. The van der Waals surface area contributed by atoms with Gasteiger partial charge in [-0.15, -0.1) is 0 Å². The van der Waals surface area contributed by atoms with Gasteiger partial charge in [-0.1, -0.05) is 6.07 Å². The van der Waals surface area contributed by atoms with E-state index in [1.54, 1.807) is 18.5 Å². The maximum Gasteiger partial charge on any atom is 0.322 e. The third kappa shape index (κ3) is 2.62. The number of benzene rings is 1. The molecule has 4 nitrogen and oxygen atoms in total. The predicted octanol–water partition coefficient (Wildman–Crippen LogP) is 3.22. The van der Waals surface area contributed by atoms with E-state index in [2.05, 4.69) is 48.5 Å². The van der Waals surface area contributed by atoms with E-state index in [0.717, 1.165) is 8.04 Å². The second-order valence-corrected chi connectivity index (χ2v) is 5.04. The highest BCUT2D eigenvalue weighted by atomic mass is 127. The van der Waals surface area contributed by atoms with Gasteiger partial charge in [-0.2, -0.15) is 0 Å².